The molecule has 0 aliphatic carbocycles. The van der Waals surface area contributed by atoms with E-state index >= 15 is 0 Å². The molecule has 1 atom stereocenters. The van der Waals surface area contributed by atoms with E-state index in [9.17, 15) is 13.2 Å². The number of nitrogens with one attached hydrogen (secondary N) is 1. The summed E-state index contributed by atoms with van der Waals surface area (Å²) in [7, 11) is -3.65. The lowest BCUT2D eigenvalue weighted by Gasteiger charge is -2.30. The first-order valence-electron chi connectivity index (χ1n) is 10.0. The van der Waals surface area contributed by atoms with Crippen molar-refractivity contribution in [1.29, 1.82) is 0 Å². The van der Waals surface area contributed by atoms with Crippen LogP contribution in [0, 0.1) is 13.8 Å². The Bertz CT molecular complexity index is 1150. The van der Waals surface area contributed by atoms with Gasteiger partial charge in [-0.2, -0.15) is 0 Å². The Balaban J connectivity index is 1.84. The number of hydrogen-bond donors (Lipinski definition) is 1. The number of nitrogens with zero attached hydrogens (tertiary/aromatic N) is 1. The van der Waals surface area contributed by atoms with Crippen molar-refractivity contribution in [3.8, 4) is 0 Å². The monoisotopic (exact) mass is 424 g/mol. The van der Waals surface area contributed by atoms with Crippen LogP contribution in [0.3, 0.4) is 0 Å². The van der Waals surface area contributed by atoms with Crippen LogP contribution in [-0.2, 0) is 21.4 Å². The summed E-state index contributed by atoms with van der Waals surface area (Å²) in [6, 6.07) is 18.8. The van der Waals surface area contributed by atoms with E-state index in [-0.39, 0.29) is 5.91 Å². The lowest BCUT2D eigenvalue weighted by atomic mass is 10.1. The first-order chi connectivity index (χ1) is 14.2. The molecule has 158 valence electrons. The van der Waals surface area contributed by atoms with E-state index in [0.29, 0.717) is 18.7 Å². The second-order valence-corrected chi connectivity index (χ2v) is 9.59. The molecular weight excluding hydrogens is 396 g/mol. The van der Waals surface area contributed by atoms with E-state index in [0.717, 1.165) is 33.7 Å². The molecule has 1 unspecified atom stereocenters. The van der Waals surface area contributed by atoms with Gasteiger partial charge < -0.3 is 5.32 Å². The van der Waals surface area contributed by atoms with Gasteiger partial charge in [0.15, 0.2) is 0 Å². The van der Waals surface area contributed by atoms with Gasteiger partial charge in [-0.3, -0.25) is 9.10 Å². The number of carbonyl (C=O) groups is 1. The summed E-state index contributed by atoms with van der Waals surface area (Å²) < 4.78 is 26.5. The van der Waals surface area contributed by atoms with Crippen LogP contribution >= 0.6 is 0 Å². The van der Waals surface area contributed by atoms with E-state index < -0.39 is 16.1 Å². The molecule has 5 nitrogen and oxygen atoms in total. The van der Waals surface area contributed by atoms with Crippen LogP contribution in [0.1, 0.15) is 30.0 Å². The highest BCUT2D eigenvalue weighted by Crippen LogP contribution is 2.25. The SMILES string of the molecule is CCC(C(=O)NCc1ccc2ccccc2c1)N(c1cc(C)cc(C)c1)S(C)(=O)=O. The topological polar surface area (TPSA) is 66.5 Å². The Kier molecular flexibility index (Phi) is 6.46. The summed E-state index contributed by atoms with van der Waals surface area (Å²) in [5.74, 6) is -0.310. The van der Waals surface area contributed by atoms with Crippen LogP contribution in [0.2, 0.25) is 0 Å². The predicted octanol–water partition coefficient (Wildman–Crippen LogP) is 4.32. The number of benzene rings is 3. The van der Waals surface area contributed by atoms with E-state index in [1.807, 2.05) is 69.3 Å². The number of amides is 1. The predicted molar refractivity (Wildman–Crippen MR) is 123 cm³/mol. The number of anilines is 1. The van der Waals surface area contributed by atoms with Crippen molar-refractivity contribution in [1.82, 2.24) is 5.32 Å². The number of rotatable bonds is 7. The van der Waals surface area contributed by atoms with E-state index in [1.165, 1.54) is 4.31 Å². The average Bonchev–Trinajstić information content (AvgIpc) is 2.68. The fraction of sp³-hybridized carbons (Fsp3) is 0.292. The fourth-order valence-electron chi connectivity index (χ4n) is 3.79. The number of fused-ring (bicyclic) bond motifs is 1. The number of sulfonamides is 1. The number of carbonyl (C=O) groups excluding carboxylic acids is 1. The van der Waals surface area contributed by atoms with Crippen molar-refractivity contribution in [2.24, 2.45) is 0 Å². The molecule has 0 spiro atoms. The fourth-order valence-corrected chi connectivity index (χ4v) is 4.99. The number of aryl methyl sites for hydroxylation is 2. The molecule has 0 radical (unpaired) electrons. The maximum atomic E-state index is 13.0. The first-order valence-corrected chi connectivity index (χ1v) is 11.9. The van der Waals surface area contributed by atoms with Gasteiger partial charge in [0.1, 0.15) is 6.04 Å². The van der Waals surface area contributed by atoms with Crippen molar-refractivity contribution >= 4 is 32.4 Å². The molecule has 0 heterocycles. The lowest BCUT2D eigenvalue weighted by Crippen LogP contribution is -2.49. The Morgan fingerprint density at radius 3 is 2.20 bits per heavy atom. The average molecular weight is 425 g/mol. The van der Waals surface area contributed by atoms with Crippen LogP contribution in [-0.4, -0.2) is 26.6 Å². The molecule has 0 fully saturated rings. The van der Waals surface area contributed by atoms with Gasteiger partial charge in [0, 0.05) is 6.54 Å². The molecule has 0 saturated heterocycles. The van der Waals surface area contributed by atoms with Crippen molar-refractivity contribution in [2.45, 2.75) is 39.8 Å². The summed E-state index contributed by atoms with van der Waals surface area (Å²) >= 11 is 0. The molecular formula is C24H28N2O3S. The third-order valence-electron chi connectivity index (χ3n) is 5.07. The van der Waals surface area contributed by atoms with Gasteiger partial charge in [-0.25, -0.2) is 8.42 Å². The van der Waals surface area contributed by atoms with Gasteiger partial charge in [0.05, 0.1) is 11.9 Å². The van der Waals surface area contributed by atoms with Gasteiger partial charge in [-0.05, 0) is 65.9 Å². The third-order valence-corrected chi connectivity index (χ3v) is 6.25. The minimum absolute atomic E-state index is 0.310. The Hall–Kier alpha value is -2.86. The molecule has 30 heavy (non-hydrogen) atoms. The zero-order chi connectivity index (χ0) is 21.9. The van der Waals surface area contributed by atoms with Gasteiger partial charge in [0.25, 0.3) is 0 Å². The molecule has 3 rings (SSSR count). The molecule has 0 aromatic heterocycles. The summed E-state index contributed by atoms with van der Waals surface area (Å²) in [5.41, 5.74) is 3.38. The lowest BCUT2D eigenvalue weighted by molar-refractivity contribution is -0.122. The Morgan fingerprint density at radius 1 is 0.967 bits per heavy atom. The molecule has 6 heteroatoms. The third kappa shape index (κ3) is 5.00. The molecule has 0 saturated carbocycles. The van der Waals surface area contributed by atoms with E-state index in [1.54, 1.807) is 12.1 Å². The molecule has 1 amide bonds. The summed E-state index contributed by atoms with van der Waals surface area (Å²) in [6.07, 6.45) is 1.51. The molecule has 3 aromatic carbocycles. The largest absolute Gasteiger partial charge is 0.350 e. The summed E-state index contributed by atoms with van der Waals surface area (Å²) in [6.45, 7) is 5.99. The normalized spacial score (nSPS) is 12.5. The Morgan fingerprint density at radius 2 is 1.60 bits per heavy atom. The first kappa shape index (κ1) is 21.8. The molecule has 0 aliphatic rings. The minimum Gasteiger partial charge on any atom is -0.350 e. The highest BCUT2D eigenvalue weighted by atomic mass is 32.2. The van der Waals surface area contributed by atoms with Crippen LogP contribution in [0.4, 0.5) is 5.69 Å². The van der Waals surface area contributed by atoms with Crippen molar-refractivity contribution in [3.05, 3.63) is 77.4 Å². The van der Waals surface area contributed by atoms with Gasteiger partial charge in [-0.15, -0.1) is 0 Å². The minimum atomic E-state index is -3.65. The zero-order valence-electron chi connectivity index (χ0n) is 17.8. The molecule has 0 bridgehead atoms. The quantitative estimate of drug-likeness (QED) is 0.614. The maximum Gasteiger partial charge on any atom is 0.244 e. The van der Waals surface area contributed by atoms with Crippen LogP contribution < -0.4 is 9.62 Å². The standard InChI is InChI=1S/C24H28N2O3S/c1-5-23(26(30(4,28)29)22-13-17(2)12-18(3)14-22)24(27)25-16-19-10-11-20-8-6-7-9-21(20)15-19/h6-15,23H,5,16H2,1-4H3,(H,25,27). The highest BCUT2D eigenvalue weighted by Gasteiger charge is 2.31. The maximum absolute atomic E-state index is 13.0. The summed E-state index contributed by atoms with van der Waals surface area (Å²) in [4.78, 5) is 13.0. The zero-order valence-corrected chi connectivity index (χ0v) is 18.7. The smallest absolute Gasteiger partial charge is 0.244 e. The van der Waals surface area contributed by atoms with Crippen molar-refractivity contribution < 1.29 is 13.2 Å². The van der Waals surface area contributed by atoms with Gasteiger partial charge >= 0.3 is 0 Å². The van der Waals surface area contributed by atoms with E-state index in [2.05, 4.69) is 5.32 Å². The van der Waals surface area contributed by atoms with Crippen molar-refractivity contribution in [3.63, 3.8) is 0 Å². The van der Waals surface area contributed by atoms with E-state index in [4.69, 9.17) is 0 Å². The highest BCUT2D eigenvalue weighted by molar-refractivity contribution is 7.92. The Labute approximate surface area is 178 Å². The van der Waals surface area contributed by atoms with Crippen LogP contribution in [0.25, 0.3) is 10.8 Å². The second-order valence-electron chi connectivity index (χ2n) is 7.73. The molecule has 0 aliphatic heterocycles. The number of hydrogen-bond acceptors (Lipinski definition) is 3. The summed E-state index contributed by atoms with van der Waals surface area (Å²) in [5, 5.41) is 5.16. The van der Waals surface area contributed by atoms with Gasteiger partial charge in [-0.1, -0.05) is 49.4 Å². The van der Waals surface area contributed by atoms with Gasteiger partial charge in [0.2, 0.25) is 15.9 Å². The molecule has 3 aromatic rings. The van der Waals surface area contributed by atoms with Crippen LogP contribution in [0.15, 0.2) is 60.7 Å². The van der Waals surface area contributed by atoms with Crippen LogP contribution in [0.5, 0.6) is 0 Å². The second kappa shape index (κ2) is 8.88. The molecule has 1 N–H and O–H groups in total. The van der Waals surface area contributed by atoms with Crippen molar-refractivity contribution in [2.75, 3.05) is 10.6 Å².